The molecule has 0 aromatic carbocycles. The Hall–Kier alpha value is -1.16. The van der Waals surface area contributed by atoms with E-state index in [0.29, 0.717) is 6.54 Å². The molecular formula is C12H20N4. The summed E-state index contributed by atoms with van der Waals surface area (Å²) < 4.78 is 0. The molecule has 2 N–H and O–H groups in total. The smallest absolute Gasteiger partial charge is 0.135 e. The van der Waals surface area contributed by atoms with E-state index in [4.69, 9.17) is 5.73 Å². The molecule has 0 saturated heterocycles. The van der Waals surface area contributed by atoms with Gasteiger partial charge in [-0.05, 0) is 32.6 Å². The third-order valence-electron chi connectivity index (χ3n) is 3.18. The lowest BCUT2D eigenvalue weighted by Crippen LogP contribution is -2.31. The molecule has 0 bridgehead atoms. The van der Waals surface area contributed by atoms with Crippen LogP contribution in [0.3, 0.4) is 0 Å². The van der Waals surface area contributed by atoms with Gasteiger partial charge in [-0.25, -0.2) is 9.97 Å². The van der Waals surface area contributed by atoms with Crippen LogP contribution in [0.15, 0.2) is 6.33 Å². The summed E-state index contributed by atoms with van der Waals surface area (Å²) in [5.41, 5.74) is 8.23. The molecule has 1 aromatic rings. The highest BCUT2D eigenvalue weighted by atomic mass is 15.2. The highest BCUT2D eigenvalue weighted by Crippen LogP contribution is 2.26. The molecule has 2 rings (SSSR count). The largest absolute Gasteiger partial charge is 0.355 e. The average molecular weight is 220 g/mol. The molecule has 0 amide bonds. The Kier molecular flexibility index (Phi) is 3.72. The summed E-state index contributed by atoms with van der Waals surface area (Å²) in [5, 5.41) is 0. The van der Waals surface area contributed by atoms with Crippen molar-refractivity contribution < 1.29 is 0 Å². The zero-order chi connectivity index (χ0) is 11.4. The SMILES string of the molecule is CCN(CCN)c1ncnc2c1CCCC2. The van der Waals surface area contributed by atoms with Gasteiger partial charge in [0.05, 0.1) is 0 Å². The van der Waals surface area contributed by atoms with Gasteiger partial charge >= 0.3 is 0 Å². The van der Waals surface area contributed by atoms with Crippen molar-refractivity contribution >= 4 is 5.82 Å². The normalized spacial score (nSPS) is 14.6. The molecule has 1 aliphatic carbocycles. The first-order chi connectivity index (χ1) is 7.86. The first-order valence-electron chi connectivity index (χ1n) is 6.14. The van der Waals surface area contributed by atoms with Crippen molar-refractivity contribution in [1.82, 2.24) is 9.97 Å². The Morgan fingerprint density at radius 1 is 1.31 bits per heavy atom. The van der Waals surface area contributed by atoms with Gasteiger partial charge in [0.15, 0.2) is 0 Å². The fourth-order valence-electron chi connectivity index (χ4n) is 2.35. The fraction of sp³-hybridized carbons (Fsp3) is 0.667. The van der Waals surface area contributed by atoms with Crippen molar-refractivity contribution in [1.29, 1.82) is 0 Å². The van der Waals surface area contributed by atoms with Crippen molar-refractivity contribution in [3.8, 4) is 0 Å². The average Bonchev–Trinajstić information content (AvgIpc) is 2.35. The predicted molar refractivity (Wildman–Crippen MR) is 65.6 cm³/mol. The Balaban J connectivity index is 2.31. The summed E-state index contributed by atoms with van der Waals surface area (Å²) in [7, 11) is 0. The Morgan fingerprint density at radius 3 is 2.88 bits per heavy atom. The lowest BCUT2D eigenvalue weighted by Gasteiger charge is -2.26. The number of hydrogen-bond acceptors (Lipinski definition) is 4. The van der Waals surface area contributed by atoms with E-state index in [1.807, 2.05) is 0 Å². The standard InChI is InChI=1S/C12H20N4/c1-2-16(8-7-13)12-10-5-3-4-6-11(10)14-9-15-12/h9H,2-8,13H2,1H3. The van der Waals surface area contributed by atoms with Crippen LogP contribution in [0, 0.1) is 0 Å². The third-order valence-corrected chi connectivity index (χ3v) is 3.18. The molecule has 0 atom stereocenters. The number of aromatic nitrogens is 2. The Morgan fingerprint density at radius 2 is 2.12 bits per heavy atom. The van der Waals surface area contributed by atoms with Crippen LogP contribution in [0.5, 0.6) is 0 Å². The minimum atomic E-state index is 0.673. The third kappa shape index (κ3) is 2.16. The number of likely N-dealkylation sites (N-methyl/N-ethyl adjacent to an activating group) is 1. The number of hydrogen-bond donors (Lipinski definition) is 1. The second-order valence-corrected chi connectivity index (χ2v) is 4.20. The van der Waals surface area contributed by atoms with E-state index in [2.05, 4.69) is 21.8 Å². The molecule has 0 aliphatic heterocycles. The first kappa shape index (κ1) is 11.3. The minimum absolute atomic E-state index is 0.673. The molecule has 1 heterocycles. The van der Waals surface area contributed by atoms with Crippen molar-refractivity contribution in [2.45, 2.75) is 32.6 Å². The number of rotatable bonds is 4. The van der Waals surface area contributed by atoms with Crippen LogP contribution in [-0.2, 0) is 12.8 Å². The quantitative estimate of drug-likeness (QED) is 0.826. The van der Waals surface area contributed by atoms with Gasteiger partial charge in [-0.2, -0.15) is 0 Å². The molecule has 1 aliphatic rings. The fourth-order valence-corrected chi connectivity index (χ4v) is 2.35. The second-order valence-electron chi connectivity index (χ2n) is 4.20. The van der Waals surface area contributed by atoms with Gasteiger partial charge in [0, 0.05) is 30.9 Å². The van der Waals surface area contributed by atoms with E-state index in [0.717, 1.165) is 31.7 Å². The van der Waals surface area contributed by atoms with E-state index < -0.39 is 0 Å². The summed E-state index contributed by atoms with van der Waals surface area (Å²) in [5.74, 6) is 1.11. The molecule has 0 spiro atoms. The van der Waals surface area contributed by atoms with Crippen LogP contribution in [0.25, 0.3) is 0 Å². The summed E-state index contributed by atoms with van der Waals surface area (Å²) in [6, 6.07) is 0. The number of anilines is 1. The van der Waals surface area contributed by atoms with Crippen LogP contribution in [0.4, 0.5) is 5.82 Å². The van der Waals surface area contributed by atoms with Crippen molar-refractivity contribution in [3.63, 3.8) is 0 Å². The van der Waals surface area contributed by atoms with Gasteiger partial charge in [-0.15, -0.1) is 0 Å². The molecule has 0 saturated carbocycles. The second kappa shape index (κ2) is 5.25. The van der Waals surface area contributed by atoms with Crippen molar-refractivity contribution in [2.75, 3.05) is 24.5 Å². The lowest BCUT2D eigenvalue weighted by molar-refractivity contribution is 0.654. The molecule has 0 radical (unpaired) electrons. The number of nitrogens with zero attached hydrogens (tertiary/aromatic N) is 3. The van der Waals surface area contributed by atoms with E-state index in [1.54, 1.807) is 6.33 Å². The van der Waals surface area contributed by atoms with Gasteiger partial charge in [0.25, 0.3) is 0 Å². The Bertz CT molecular complexity index is 351. The highest BCUT2D eigenvalue weighted by molar-refractivity contribution is 5.49. The lowest BCUT2D eigenvalue weighted by atomic mass is 9.96. The molecule has 88 valence electrons. The molecule has 0 fully saturated rings. The molecule has 16 heavy (non-hydrogen) atoms. The molecular weight excluding hydrogens is 200 g/mol. The highest BCUT2D eigenvalue weighted by Gasteiger charge is 2.18. The summed E-state index contributed by atoms with van der Waals surface area (Å²) in [6.45, 7) is 4.65. The van der Waals surface area contributed by atoms with Crippen molar-refractivity contribution in [2.24, 2.45) is 5.73 Å². The van der Waals surface area contributed by atoms with Gasteiger partial charge in [-0.3, -0.25) is 0 Å². The Labute approximate surface area is 96.9 Å². The summed E-state index contributed by atoms with van der Waals surface area (Å²) in [6.07, 6.45) is 6.43. The van der Waals surface area contributed by atoms with E-state index in [9.17, 15) is 0 Å². The maximum atomic E-state index is 5.63. The maximum Gasteiger partial charge on any atom is 0.135 e. The van der Waals surface area contributed by atoms with E-state index in [-0.39, 0.29) is 0 Å². The zero-order valence-electron chi connectivity index (χ0n) is 9.95. The topological polar surface area (TPSA) is 55.0 Å². The monoisotopic (exact) mass is 220 g/mol. The van der Waals surface area contributed by atoms with E-state index >= 15 is 0 Å². The van der Waals surface area contributed by atoms with E-state index in [1.165, 1.54) is 24.1 Å². The molecule has 0 unspecified atom stereocenters. The maximum absolute atomic E-state index is 5.63. The van der Waals surface area contributed by atoms with Crippen LogP contribution in [0.2, 0.25) is 0 Å². The number of aryl methyl sites for hydroxylation is 1. The number of fused-ring (bicyclic) bond motifs is 1. The molecule has 4 nitrogen and oxygen atoms in total. The van der Waals surface area contributed by atoms with Crippen LogP contribution in [0.1, 0.15) is 31.0 Å². The molecule has 1 aromatic heterocycles. The minimum Gasteiger partial charge on any atom is -0.355 e. The van der Waals surface area contributed by atoms with Gasteiger partial charge in [0.2, 0.25) is 0 Å². The van der Waals surface area contributed by atoms with Crippen molar-refractivity contribution in [3.05, 3.63) is 17.6 Å². The molecule has 4 heteroatoms. The van der Waals surface area contributed by atoms with Crippen LogP contribution >= 0.6 is 0 Å². The van der Waals surface area contributed by atoms with Gasteiger partial charge < -0.3 is 10.6 Å². The van der Waals surface area contributed by atoms with Crippen LogP contribution < -0.4 is 10.6 Å². The summed E-state index contributed by atoms with van der Waals surface area (Å²) in [4.78, 5) is 11.1. The predicted octanol–water partition coefficient (Wildman–Crippen LogP) is 1.14. The van der Waals surface area contributed by atoms with Gasteiger partial charge in [0.1, 0.15) is 12.1 Å². The summed E-state index contributed by atoms with van der Waals surface area (Å²) >= 11 is 0. The van der Waals surface area contributed by atoms with Crippen LogP contribution in [-0.4, -0.2) is 29.6 Å². The number of nitrogens with two attached hydrogens (primary N) is 1. The first-order valence-corrected chi connectivity index (χ1v) is 6.14. The zero-order valence-corrected chi connectivity index (χ0v) is 9.95. The van der Waals surface area contributed by atoms with Gasteiger partial charge in [-0.1, -0.05) is 0 Å².